The Morgan fingerprint density at radius 1 is 1.19 bits per heavy atom. The fourth-order valence-corrected chi connectivity index (χ4v) is 2.95. The van der Waals surface area contributed by atoms with Crippen LogP contribution in [0.5, 0.6) is 0 Å². The second kappa shape index (κ2) is 10.9. The molecular formula is C17H36N4. The summed E-state index contributed by atoms with van der Waals surface area (Å²) in [4.78, 5) is 7.34. The second-order valence-corrected chi connectivity index (χ2v) is 6.24. The van der Waals surface area contributed by atoms with Crippen LogP contribution in [0.4, 0.5) is 0 Å². The summed E-state index contributed by atoms with van der Waals surface area (Å²) in [7, 11) is 0. The van der Waals surface area contributed by atoms with Crippen LogP contribution in [0, 0.1) is 11.8 Å². The van der Waals surface area contributed by atoms with Crippen molar-refractivity contribution in [2.75, 3.05) is 39.3 Å². The van der Waals surface area contributed by atoms with Crippen molar-refractivity contribution in [2.45, 2.75) is 53.4 Å². The molecule has 21 heavy (non-hydrogen) atoms. The highest BCUT2D eigenvalue weighted by Crippen LogP contribution is 2.15. The molecule has 0 aromatic carbocycles. The zero-order valence-electron chi connectivity index (χ0n) is 14.6. The van der Waals surface area contributed by atoms with E-state index < -0.39 is 0 Å². The van der Waals surface area contributed by atoms with Gasteiger partial charge in [-0.15, -0.1) is 0 Å². The van der Waals surface area contributed by atoms with Crippen molar-refractivity contribution in [3.8, 4) is 0 Å². The van der Waals surface area contributed by atoms with Crippen molar-refractivity contribution in [3.63, 3.8) is 0 Å². The molecule has 0 aromatic rings. The molecule has 124 valence electrons. The molecule has 1 rings (SSSR count). The fraction of sp³-hybridized carbons (Fsp3) is 0.941. The highest BCUT2D eigenvalue weighted by Gasteiger charge is 2.21. The van der Waals surface area contributed by atoms with E-state index in [-0.39, 0.29) is 0 Å². The molecule has 1 atom stereocenters. The molecule has 0 bridgehead atoms. The number of hydrogen-bond donors (Lipinski definition) is 2. The first kappa shape index (κ1) is 18.3. The lowest BCUT2D eigenvalue weighted by Crippen LogP contribution is -2.40. The summed E-state index contributed by atoms with van der Waals surface area (Å²) >= 11 is 0. The monoisotopic (exact) mass is 296 g/mol. The van der Waals surface area contributed by atoms with Crippen LogP contribution < -0.4 is 10.6 Å². The highest BCUT2D eigenvalue weighted by atomic mass is 15.2. The molecule has 1 fully saturated rings. The first-order chi connectivity index (χ1) is 10.2. The number of nitrogens with zero attached hydrogens (tertiary/aromatic N) is 2. The molecule has 1 saturated heterocycles. The summed E-state index contributed by atoms with van der Waals surface area (Å²) in [6, 6.07) is 0. The van der Waals surface area contributed by atoms with Gasteiger partial charge in [-0.3, -0.25) is 4.99 Å². The first-order valence-electron chi connectivity index (χ1n) is 8.97. The molecule has 4 nitrogen and oxygen atoms in total. The summed E-state index contributed by atoms with van der Waals surface area (Å²) in [6.45, 7) is 15.6. The topological polar surface area (TPSA) is 39.7 Å². The van der Waals surface area contributed by atoms with Crippen molar-refractivity contribution in [1.82, 2.24) is 15.5 Å². The van der Waals surface area contributed by atoms with Gasteiger partial charge in [-0.2, -0.15) is 0 Å². The van der Waals surface area contributed by atoms with Crippen LogP contribution in [-0.4, -0.2) is 50.1 Å². The highest BCUT2D eigenvalue weighted by molar-refractivity contribution is 5.79. The van der Waals surface area contributed by atoms with Crippen molar-refractivity contribution < 1.29 is 0 Å². The largest absolute Gasteiger partial charge is 0.357 e. The third-order valence-corrected chi connectivity index (χ3v) is 4.47. The molecule has 1 aliphatic rings. The van der Waals surface area contributed by atoms with Crippen LogP contribution in [0.1, 0.15) is 53.4 Å². The van der Waals surface area contributed by atoms with Crippen LogP contribution in [-0.2, 0) is 0 Å². The van der Waals surface area contributed by atoms with Crippen LogP contribution in [0.3, 0.4) is 0 Å². The maximum atomic E-state index is 4.75. The minimum Gasteiger partial charge on any atom is -0.357 e. The predicted octanol–water partition coefficient (Wildman–Crippen LogP) is 2.71. The Morgan fingerprint density at radius 3 is 2.57 bits per heavy atom. The lowest BCUT2D eigenvalue weighted by molar-refractivity contribution is 0.324. The van der Waals surface area contributed by atoms with Crippen molar-refractivity contribution >= 4 is 5.96 Å². The maximum absolute atomic E-state index is 4.75. The van der Waals surface area contributed by atoms with E-state index in [4.69, 9.17) is 4.99 Å². The molecular weight excluding hydrogens is 260 g/mol. The maximum Gasteiger partial charge on any atom is 0.191 e. The predicted molar refractivity (Wildman–Crippen MR) is 92.9 cm³/mol. The molecule has 0 amide bonds. The van der Waals surface area contributed by atoms with Gasteiger partial charge in [0.25, 0.3) is 0 Å². The zero-order chi connectivity index (χ0) is 15.5. The lowest BCUT2D eigenvalue weighted by atomic mass is 10.0. The first-order valence-corrected chi connectivity index (χ1v) is 8.97. The van der Waals surface area contributed by atoms with Crippen LogP contribution >= 0.6 is 0 Å². The van der Waals surface area contributed by atoms with Gasteiger partial charge in [0, 0.05) is 26.2 Å². The van der Waals surface area contributed by atoms with Gasteiger partial charge < -0.3 is 15.5 Å². The van der Waals surface area contributed by atoms with Crippen molar-refractivity contribution in [3.05, 3.63) is 0 Å². The Morgan fingerprint density at radius 2 is 1.95 bits per heavy atom. The van der Waals surface area contributed by atoms with Gasteiger partial charge in [0.15, 0.2) is 5.96 Å². The number of aliphatic imine (C=N–C) groups is 1. The summed E-state index contributed by atoms with van der Waals surface area (Å²) in [6.07, 6.45) is 5.01. The Kier molecular flexibility index (Phi) is 9.48. The normalized spacial score (nSPS) is 20.2. The van der Waals surface area contributed by atoms with Gasteiger partial charge >= 0.3 is 0 Å². The van der Waals surface area contributed by atoms with Gasteiger partial charge in [0.05, 0.1) is 0 Å². The number of hydrogen-bond acceptors (Lipinski definition) is 2. The molecule has 0 aromatic heterocycles. The smallest absolute Gasteiger partial charge is 0.191 e. The van der Waals surface area contributed by atoms with Crippen molar-refractivity contribution in [2.24, 2.45) is 16.8 Å². The van der Waals surface area contributed by atoms with Crippen LogP contribution in [0.2, 0.25) is 0 Å². The standard InChI is InChI=1S/C17H36N4/c1-5-10-21-11-9-16(14-21)13-20-17(18-8-4)19-12-15(6-2)7-3/h15-16H,5-14H2,1-4H3,(H2,18,19,20). The van der Waals surface area contributed by atoms with E-state index in [1.165, 1.54) is 45.3 Å². The number of nitrogens with one attached hydrogen (secondary N) is 2. The van der Waals surface area contributed by atoms with Gasteiger partial charge in [-0.25, -0.2) is 0 Å². The molecule has 4 heteroatoms. The minimum absolute atomic E-state index is 0.715. The van der Waals surface area contributed by atoms with Gasteiger partial charge in [0.1, 0.15) is 0 Å². The molecule has 0 spiro atoms. The average molecular weight is 297 g/mol. The molecule has 0 saturated carbocycles. The molecule has 2 N–H and O–H groups in total. The molecule has 1 unspecified atom stereocenters. The molecule has 1 aliphatic heterocycles. The van der Waals surface area contributed by atoms with E-state index in [2.05, 4.69) is 43.2 Å². The summed E-state index contributed by atoms with van der Waals surface area (Å²) in [5, 5.41) is 6.91. The van der Waals surface area contributed by atoms with E-state index >= 15 is 0 Å². The number of rotatable bonds is 9. The van der Waals surface area contributed by atoms with Gasteiger partial charge in [-0.05, 0) is 44.7 Å². The third-order valence-electron chi connectivity index (χ3n) is 4.47. The SMILES string of the molecule is CCCN1CCC(CNC(=NCC(CC)CC)NCC)C1. The minimum atomic E-state index is 0.715. The molecule has 0 radical (unpaired) electrons. The Hall–Kier alpha value is -0.770. The van der Waals surface area contributed by atoms with Crippen LogP contribution in [0.25, 0.3) is 0 Å². The lowest BCUT2D eigenvalue weighted by Gasteiger charge is -2.17. The molecule has 0 aliphatic carbocycles. The summed E-state index contributed by atoms with van der Waals surface area (Å²) in [5.74, 6) is 2.49. The Balaban J connectivity index is 2.35. The van der Waals surface area contributed by atoms with Gasteiger partial charge in [0.2, 0.25) is 0 Å². The van der Waals surface area contributed by atoms with Gasteiger partial charge in [-0.1, -0.05) is 33.6 Å². The third kappa shape index (κ3) is 7.16. The summed E-state index contributed by atoms with van der Waals surface area (Å²) < 4.78 is 0. The second-order valence-electron chi connectivity index (χ2n) is 6.24. The summed E-state index contributed by atoms with van der Waals surface area (Å²) in [5.41, 5.74) is 0. The zero-order valence-corrected chi connectivity index (χ0v) is 14.6. The van der Waals surface area contributed by atoms with E-state index in [1.807, 2.05) is 0 Å². The van der Waals surface area contributed by atoms with Crippen LogP contribution in [0.15, 0.2) is 4.99 Å². The van der Waals surface area contributed by atoms with E-state index in [0.717, 1.165) is 31.5 Å². The Bertz CT molecular complexity index is 287. The molecule has 1 heterocycles. The quantitative estimate of drug-likeness (QED) is 0.508. The average Bonchev–Trinajstić information content (AvgIpc) is 2.93. The number of likely N-dealkylation sites (tertiary alicyclic amines) is 1. The van der Waals surface area contributed by atoms with Crippen molar-refractivity contribution in [1.29, 1.82) is 0 Å². The van der Waals surface area contributed by atoms with E-state index in [9.17, 15) is 0 Å². The number of guanidine groups is 1. The van der Waals surface area contributed by atoms with E-state index in [0.29, 0.717) is 5.92 Å². The van der Waals surface area contributed by atoms with E-state index in [1.54, 1.807) is 0 Å². The Labute approximate surface area is 131 Å². The fourth-order valence-electron chi connectivity index (χ4n) is 2.95.